The normalized spacial score (nSPS) is 18.9. The molecule has 1 fully saturated rings. The molecule has 2 heterocycles. The number of rotatable bonds is 2. The summed E-state index contributed by atoms with van der Waals surface area (Å²) in [5.74, 6) is 0.788. The Hall–Kier alpha value is -1.09. The first-order chi connectivity index (χ1) is 8.75. The Morgan fingerprint density at radius 3 is 2.61 bits per heavy atom. The number of aromatic nitrogens is 2. The van der Waals surface area contributed by atoms with E-state index in [0.717, 1.165) is 25.6 Å². The lowest BCUT2D eigenvalue weighted by molar-refractivity contribution is 0.292. The molecule has 0 atom stereocenters. The van der Waals surface area contributed by atoms with Crippen molar-refractivity contribution in [2.45, 2.75) is 47.1 Å². The van der Waals surface area contributed by atoms with Crippen LogP contribution < -0.4 is 5.32 Å². The molecular formula is C15H25N3. The van der Waals surface area contributed by atoms with E-state index in [-0.39, 0.29) is 0 Å². The topological polar surface area (TPSA) is 29.9 Å². The third kappa shape index (κ3) is 2.37. The molecule has 0 aromatic carbocycles. The van der Waals surface area contributed by atoms with Gasteiger partial charge in [0.1, 0.15) is 0 Å². The van der Waals surface area contributed by atoms with Crippen molar-refractivity contribution >= 4 is 5.57 Å². The Balaban J connectivity index is 0.000000574. The molecule has 0 radical (unpaired) electrons. The molecule has 1 aromatic heterocycles. The van der Waals surface area contributed by atoms with Crippen molar-refractivity contribution in [2.75, 3.05) is 13.1 Å². The predicted molar refractivity (Wildman–Crippen MR) is 76.5 cm³/mol. The van der Waals surface area contributed by atoms with E-state index in [4.69, 9.17) is 0 Å². The summed E-state index contributed by atoms with van der Waals surface area (Å²) in [6.07, 6.45) is 4.42. The number of nitrogens with one attached hydrogen (secondary N) is 1. The summed E-state index contributed by atoms with van der Waals surface area (Å²) in [7, 11) is 0. The molecule has 0 saturated carbocycles. The lowest BCUT2D eigenvalue weighted by Crippen LogP contribution is -2.44. The molecule has 3 nitrogen and oxygen atoms in total. The monoisotopic (exact) mass is 247 g/mol. The van der Waals surface area contributed by atoms with Gasteiger partial charge >= 0.3 is 0 Å². The van der Waals surface area contributed by atoms with Crippen molar-refractivity contribution in [3.63, 3.8) is 0 Å². The molecule has 1 saturated heterocycles. The van der Waals surface area contributed by atoms with E-state index in [1.54, 1.807) is 0 Å². The molecule has 3 heteroatoms. The van der Waals surface area contributed by atoms with E-state index in [9.17, 15) is 0 Å². The Bertz CT molecular complexity index is 439. The highest BCUT2D eigenvalue weighted by atomic mass is 15.3. The molecule has 1 aromatic rings. The summed E-state index contributed by atoms with van der Waals surface area (Å²) >= 11 is 0. The zero-order valence-corrected chi connectivity index (χ0v) is 12.1. The molecule has 0 amide bonds. The second-order valence-corrected chi connectivity index (χ2v) is 5.12. The summed E-state index contributed by atoms with van der Waals surface area (Å²) in [6, 6.07) is 0. The largest absolute Gasteiger partial charge is 0.316 e. The minimum absolute atomic E-state index is 0.788. The average molecular weight is 247 g/mol. The van der Waals surface area contributed by atoms with Gasteiger partial charge in [-0.15, -0.1) is 0 Å². The molecule has 3 rings (SSSR count). The summed E-state index contributed by atoms with van der Waals surface area (Å²) in [5, 5.41) is 7.88. The minimum atomic E-state index is 0.788. The van der Waals surface area contributed by atoms with Gasteiger partial charge in [0.25, 0.3) is 0 Å². The lowest BCUT2D eigenvalue weighted by atomic mass is 9.92. The van der Waals surface area contributed by atoms with Gasteiger partial charge in [0.15, 0.2) is 0 Å². The molecule has 0 spiro atoms. The van der Waals surface area contributed by atoms with Crippen molar-refractivity contribution in [3.8, 4) is 0 Å². The summed E-state index contributed by atoms with van der Waals surface area (Å²) in [6.45, 7) is 11.9. The highest BCUT2D eigenvalue weighted by Gasteiger charge is 2.22. The van der Waals surface area contributed by atoms with Gasteiger partial charge in [-0.2, -0.15) is 5.10 Å². The van der Waals surface area contributed by atoms with E-state index in [2.05, 4.69) is 35.1 Å². The van der Waals surface area contributed by atoms with Crippen LogP contribution in [0.15, 0.2) is 11.8 Å². The minimum Gasteiger partial charge on any atom is -0.316 e. The van der Waals surface area contributed by atoms with Crippen molar-refractivity contribution < 1.29 is 0 Å². The molecule has 0 unspecified atom stereocenters. The highest BCUT2D eigenvalue weighted by molar-refractivity contribution is 5.69. The highest BCUT2D eigenvalue weighted by Crippen LogP contribution is 2.30. The maximum Gasteiger partial charge on any atom is 0.0567 e. The van der Waals surface area contributed by atoms with Gasteiger partial charge in [-0.1, -0.05) is 19.4 Å². The SMILES string of the molecule is CC.CC1=C(C)c2cnn(CC3CNC3)c2CC1. The van der Waals surface area contributed by atoms with Crippen LogP contribution in [0.5, 0.6) is 0 Å². The molecule has 1 aliphatic heterocycles. The first-order valence-electron chi connectivity index (χ1n) is 7.18. The quantitative estimate of drug-likeness (QED) is 0.871. The summed E-state index contributed by atoms with van der Waals surface area (Å²) < 4.78 is 2.23. The van der Waals surface area contributed by atoms with Gasteiger partial charge in [0.2, 0.25) is 0 Å². The molecule has 1 N–H and O–H groups in total. The number of fused-ring (bicyclic) bond motifs is 1. The van der Waals surface area contributed by atoms with Gasteiger partial charge in [0, 0.05) is 36.8 Å². The molecule has 2 aliphatic rings. The van der Waals surface area contributed by atoms with Crippen LogP contribution >= 0.6 is 0 Å². The number of hydrogen-bond acceptors (Lipinski definition) is 2. The maximum atomic E-state index is 4.56. The molecule has 1 aliphatic carbocycles. The third-order valence-electron chi connectivity index (χ3n) is 4.03. The van der Waals surface area contributed by atoms with E-state index in [1.807, 2.05) is 13.8 Å². The Morgan fingerprint density at radius 2 is 2.00 bits per heavy atom. The molecule has 0 bridgehead atoms. The fraction of sp³-hybridized carbons (Fsp3) is 0.667. The number of allylic oxidation sites excluding steroid dienone is 2. The van der Waals surface area contributed by atoms with Crippen LogP contribution in [-0.4, -0.2) is 22.9 Å². The van der Waals surface area contributed by atoms with E-state index in [1.165, 1.54) is 35.2 Å². The Morgan fingerprint density at radius 1 is 1.28 bits per heavy atom. The number of nitrogens with zero attached hydrogens (tertiary/aromatic N) is 2. The third-order valence-corrected chi connectivity index (χ3v) is 4.03. The van der Waals surface area contributed by atoms with Crippen LogP contribution in [0.4, 0.5) is 0 Å². The summed E-state index contributed by atoms with van der Waals surface area (Å²) in [5.41, 5.74) is 5.81. The Kier molecular flexibility index (Phi) is 4.23. The van der Waals surface area contributed by atoms with Crippen LogP contribution in [0.25, 0.3) is 5.57 Å². The van der Waals surface area contributed by atoms with Crippen molar-refractivity contribution in [2.24, 2.45) is 5.92 Å². The number of hydrogen-bond donors (Lipinski definition) is 1. The van der Waals surface area contributed by atoms with E-state index >= 15 is 0 Å². The zero-order valence-electron chi connectivity index (χ0n) is 12.1. The van der Waals surface area contributed by atoms with Crippen molar-refractivity contribution in [3.05, 3.63) is 23.0 Å². The maximum absolute atomic E-state index is 4.56. The fourth-order valence-electron chi connectivity index (χ4n) is 2.59. The van der Waals surface area contributed by atoms with Gasteiger partial charge in [-0.3, -0.25) is 4.68 Å². The fourth-order valence-corrected chi connectivity index (χ4v) is 2.59. The summed E-state index contributed by atoms with van der Waals surface area (Å²) in [4.78, 5) is 0. The van der Waals surface area contributed by atoms with Crippen molar-refractivity contribution in [1.82, 2.24) is 15.1 Å². The standard InChI is InChI=1S/C13H19N3.C2H6/c1-9-3-4-13-12(10(9)2)7-15-16(13)8-11-5-14-6-11;1-2/h7,11,14H,3-6,8H2,1-2H3;1-2H3. The Labute approximate surface area is 110 Å². The average Bonchev–Trinajstić information content (AvgIpc) is 2.75. The molecule has 18 heavy (non-hydrogen) atoms. The van der Waals surface area contributed by atoms with Crippen LogP contribution in [0.2, 0.25) is 0 Å². The van der Waals surface area contributed by atoms with Crippen LogP contribution in [-0.2, 0) is 13.0 Å². The predicted octanol–water partition coefficient (Wildman–Crippen LogP) is 2.87. The van der Waals surface area contributed by atoms with Gasteiger partial charge in [-0.05, 0) is 32.3 Å². The van der Waals surface area contributed by atoms with E-state index in [0.29, 0.717) is 0 Å². The van der Waals surface area contributed by atoms with Gasteiger partial charge in [-0.25, -0.2) is 0 Å². The van der Waals surface area contributed by atoms with Gasteiger partial charge < -0.3 is 5.32 Å². The molecular weight excluding hydrogens is 222 g/mol. The van der Waals surface area contributed by atoms with Crippen LogP contribution in [0.3, 0.4) is 0 Å². The van der Waals surface area contributed by atoms with Crippen LogP contribution in [0, 0.1) is 5.92 Å². The lowest BCUT2D eigenvalue weighted by Gasteiger charge is -2.28. The van der Waals surface area contributed by atoms with E-state index < -0.39 is 0 Å². The second kappa shape index (κ2) is 5.70. The molecule has 100 valence electrons. The van der Waals surface area contributed by atoms with Crippen molar-refractivity contribution in [1.29, 1.82) is 0 Å². The zero-order chi connectivity index (χ0) is 13.1. The van der Waals surface area contributed by atoms with Gasteiger partial charge in [0.05, 0.1) is 6.20 Å². The second-order valence-electron chi connectivity index (χ2n) is 5.12. The first kappa shape index (κ1) is 13.3. The smallest absolute Gasteiger partial charge is 0.0567 e. The first-order valence-corrected chi connectivity index (χ1v) is 7.18. The van der Waals surface area contributed by atoms with Crippen LogP contribution in [0.1, 0.15) is 45.4 Å².